The van der Waals surface area contributed by atoms with Crippen molar-refractivity contribution in [2.75, 3.05) is 31.0 Å². The fourth-order valence-corrected chi connectivity index (χ4v) is 5.31. The van der Waals surface area contributed by atoms with Gasteiger partial charge in [0.15, 0.2) is 5.11 Å². The lowest BCUT2D eigenvalue weighted by Gasteiger charge is -2.29. The number of hydrogen-bond acceptors (Lipinski definition) is 5. The Balaban J connectivity index is 1.63. The van der Waals surface area contributed by atoms with E-state index in [1.54, 1.807) is 13.3 Å². The molecule has 1 saturated heterocycles. The van der Waals surface area contributed by atoms with Crippen molar-refractivity contribution in [3.8, 4) is 11.4 Å². The Morgan fingerprint density at radius 2 is 1.92 bits per heavy atom. The second-order valence-electron chi connectivity index (χ2n) is 9.10. The van der Waals surface area contributed by atoms with Crippen molar-refractivity contribution in [3.05, 3.63) is 101 Å². The number of halogens is 1. The van der Waals surface area contributed by atoms with Crippen LogP contribution in [0, 0.1) is 6.92 Å². The zero-order valence-corrected chi connectivity index (χ0v) is 23.3. The summed E-state index contributed by atoms with van der Waals surface area (Å²) < 4.78 is 12.6. The Hall–Kier alpha value is -3.92. The number of aromatic nitrogens is 2. The molecule has 2 aromatic carbocycles. The molecule has 3 heterocycles. The van der Waals surface area contributed by atoms with E-state index in [4.69, 9.17) is 33.3 Å². The quantitative estimate of drug-likeness (QED) is 0.271. The van der Waals surface area contributed by atoms with E-state index < -0.39 is 0 Å². The monoisotopic (exact) mass is 561 g/mol. The van der Waals surface area contributed by atoms with Crippen LogP contribution in [0.25, 0.3) is 5.69 Å². The first-order valence-corrected chi connectivity index (χ1v) is 13.1. The molecule has 0 saturated carbocycles. The highest BCUT2D eigenvalue weighted by molar-refractivity contribution is 7.80. The molecule has 1 fully saturated rings. The van der Waals surface area contributed by atoms with E-state index in [-0.39, 0.29) is 24.6 Å². The van der Waals surface area contributed by atoms with Gasteiger partial charge in [-0.25, -0.2) is 0 Å². The number of rotatable bonds is 8. The lowest BCUT2D eigenvalue weighted by atomic mass is 10.0. The maximum absolute atomic E-state index is 12.4. The topological polar surface area (TPSA) is 80.7 Å². The third-order valence-electron chi connectivity index (χ3n) is 6.61. The molecular weight excluding hydrogens is 534 g/mol. The Kier molecular flexibility index (Phi) is 7.83. The average molecular weight is 562 g/mol. The first-order valence-electron chi connectivity index (χ1n) is 12.3. The SMILES string of the molecule is COCC(=O)Nc1cc(N2C(=S)N[C@@H](c3ccccn3)[C@H]2c2cccn2-c2ccc(Cl)c(C)c2)ccc1OC. The Morgan fingerprint density at radius 3 is 2.64 bits per heavy atom. The number of methoxy groups -OCH3 is 2. The summed E-state index contributed by atoms with van der Waals surface area (Å²) in [5, 5.41) is 7.61. The van der Waals surface area contributed by atoms with Crippen molar-refractivity contribution in [3.63, 3.8) is 0 Å². The van der Waals surface area contributed by atoms with Gasteiger partial charge in [-0.05, 0) is 85.4 Å². The van der Waals surface area contributed by atoms with Crippen molar-refractivity contribution in [1.82, 2.24) is 14.9 Å². The number of nitrogens with zero attached hydrogens (tertiary/aromatic N) is 3. The van der Waals surface area contributed by atoms with Crippen LogP contribution in [0.4, 0.5) is 11.4 Å². The molecule has 0 radical (unpaired) electrons. The number of thiocarbonyl (C=S) groups is 1. The fraction of sp³-hybridized carbons (Fsp3) is 0.207. The summed E-state index contributed by atoms with van der Waals surface area (Å²) in [6, 6.07) is 21.0. The lowest BCUT2D eigenvalue weighted by Crippen LogP contribution is -2.30. The van der Waals surface area contributed by atoms with Crippen LogP contribution in [0.1, 0.15) is 29.0 Å². The van der Waals surface area contributed by atoms with Gasteiger partial charge < -0.3 is 29.6 Å². The third kappa shape index (κ3) is 5.34. The number of pyridine rings is 1. The molecule has 200 valence electrons. The summed E-state index contributed by atoms with van der Waals surface area (Å²) in [4.78, 5) is 19.1. The minimum Gasteiger partial charge on any atom is -0.495 e. The van der Waals surface area contributed by atoms with Crippen LogP contribution < -0.4 is 20.3 Å². The van der Waals surface area contributed by atoms with E-state index in [1.165, 1.54) is 7.11 Å². The highest BCUT2D eigenvalue weighted by atomic mass is 35.5. The van der Waals surface area contributed by atoms with Gasteiger partial charge in [0.1, 0.15) is 18.4 Å². The zero-order chi connectivity index (χ0) is 27.5. The van der Waals surface area contributed by atoms with E-state index in [0.717, 1.165) is 28.3 Å². The van der Waals surface area contributed by atoms with Gasteiger partial charge in [-0.2, -0.15) is 0 Å². The maximum atomic E-state index is 12.4. The maximum Gasteiger partial charge on any atom is 0.250 e. The molecule has 4 aromatic rings. The van der Waals surface area contributed by atoms with Crippen molar-refractivity contribution in [2.24, 2.45) is 0 Å². The Labute approximate surface area is 237 Å². The van der Waals surface area contributed by atoms with Gasteiger partial charge in [-0.3, -0.25) is 9.78 Å². The summed E-state index contributed by atoms with van der Waals surface area (Å²) in [5.41, 5.74) is 5.12. The van der Waals surface area contributed by atoms with E-state index in [9.17, 15) is 4.79 Å². The van der Waals surface area contributed by atoms with Gasteiger partial charge in [-0.15, -0.1) is 0 Å². The van der Waals surface area contributed by atoms with E-state index >= 15 is 0 Å². The number of ether oxygens (including phenoxy) is 2. The molecule has 0 unspecified atom stereocenters. The van der Waals surface area contributed by atoms with Crippen LogP contribution in [0.2, 0.25) is 5.02 Å². The van der Waals surface area contributed by atoms with E-state index in [2.05, 4.69) is 37.2 Å². The molecule has 1 aliphatic heterocycles. The largest absolute Gasteiger partial charge is 0.495 e. The molecule has 2 atom stereocenters. The third-order valence-corrected chi connectivity index (χ3v) is 7.35. The molecular formula is C29H28ClN5O3S. The molecule has 0 spiro atoms. The second kappa shape index (κ2) is 11.4. The molecule has 8 nitrogen and oxygen atoms in total. The van der Waals surface area contributed by atoms with Gasteiger partial charge >= 0.3 is 0 Å². The van der Waals surface area contributed by atoms with Gasteiger partial charge in [0.2, 0.25) is 5.91 Å². The van der Waals surface area contributed by atoms with Crippen molar-refractivity contribution in [2.45, 2.75) is 19.0 Å². The molecule has 10 heteroatoms. The van der Waals surface area contributed by atoms with Crippen LogP contribution in [-0.2, 0) is 9.53 Å². The minimum absolute atomic E-state index is 0.0739. The van der Waals surface area contributed by atoms with Crippen molar-refractivity contribution < 1.29 is 14.3 Å². The van der Waals surface area contributed by atoms with Crippen molar-refractivity contribution >= 4 is 46.2 Å². The van der Waals surface area contributed by atoms with Crippen molar-refractivity contribution in [1.29, 1.82) is 0 Å². The van der Waals surface area contributed by atoms with E-state index in [0.29, 0.717) is 21.6 Å². The molecule has 5 rings (SSSR count). The predicted molar refractivity (Wildman–Crippen MR) is 157 cm³/mol. The smallest absolute Gasteiger partial charge is 0.250 e. The summed E-state index contributed by atoms with van der Waals surface area (Å²) in [5.74, 6) is 0.240. The number of nitrogens with one attached hydrogen (secondary N) is 2. The van der Waals surface area contributed by atoms with Gasteiger partial charge in [-0.1, -0.05) is 17.7 Å². The normalized spacial score (nSPS) is 16.7. The highest BCUT2D eigenvalue weighted by Crippen LogP contribution is 2.44. The summed E-state index contributed by atoms with van der Waals surface area (Å²) in [6.45, 7) is 1.91. The fourth-order valence-electron chi connectivity index (χ4n) is 4.84. The lowest BCUT2D eigenvalue weighted by molar-refractivity contribution is -0.119. The van der Waals surface area contributed by atoms with Crippen LogP contribution in [-0.4, -0.2) is 41.4 Å². The molecule has 0 aliphatic carbocycles. The van der Waals surface area contributed by atoms with Crippen LogP contribution >= 0.6 is 23.8 Å². The van der Waals surface area contributed by atoms with Crippen LogP contribution in [0.3, 0.4) is 0 Å². The summed E-state index contributed by atoms with van der Waals surface area (Å²) in [6.07, 6.45) is 3.80. The summed E-state index contributed by atoms with van der Waals surface area (Å²) in [7, 11) is 3.03. The second-order valence-corrected chi connectivity index (χ2v) is 9.89. The molecule has 1 amide bonds. The first-order chi connectivity index (χ1) is 18.9. The zero-order valence-electron chi connectivity index (χ0n) is 21.7. The van der Waals surface area contributed by atoms with Gasteiger partial charge in [0, 0.05) is 41.6 Å². The first kappa shape index (κ1) is 26.7. The number of hydrogen-bond donors (Lipinski definition) is 2. The standard InChI is InChI=1S/C29H28ClN5O3S/c1-18-15-19(9-11-21(18)30)34-14-6-8-24(34)28-27(22-7-4-5-13-31-22)33-29(39)35(28)20-10-12-25(38-3)23(16-20)32-26(36)17-37-2/h4-16,27-28H,17H2,1-3H3,(H,32,36)(H,33,39)/t27-,28+/m0/s1. The number of anilines is 2. The Bertz CT molecular complexity index is 1510. The van der Waals surface area contributed by atoms with Gasteiger partial charge in [0.25, 0.3) is 0 Å². The number of benzene rings is 2. The van der Waals surface area contributed by atoms with Gasteiger partial charge in [0.05, 0.1) is 24.5 Å². The summed E-state index contributed by atoms with van der Waals surface area (Å²) >= 11 is 12.2. The van der Waals surface area contributed by atoms with Crippen LogP contribution in [0.15, 0.2) is 79.1 Å². The minimum atomic E-state index is -0.287. The number of amides is 1. The highest BCUT2D eigenvalue weighted by Gasteiger charge is 2.42. The number of carbonyl (C=O) groups is 1. The number of carbonyl (C=O) groups excluding carboxylic acids is 1. The van der Waals surface area contributed by atoms with Crippen LogP contribution in [0.5, 0.6) is 5.75 Å². The van der Waals surface area contributed by atoms with E-state index in [1.807, 2.05) is 67.7 Å². The molecule has 39 heavy (non-hydrogen) atoms. The molecule has 2 N–H and O–H groups in total. The number of aryl methyl sites for hydroxylation is 1. The average Bonchev–Trinajstić information content (AvgIpc) is 3.55. The Morgan fingerprint density at radius 1 is 1.10 bits per heavy atom. The molecule has 1 aliphatic rings. The molecule has 2 aromatic heterocycles. The predicted octanol–water partition coefficient (Wildman–Crippen LogP) is 5.60. The molecule has 0 bridgehead atoms.